The predicted molar refractivity (Wildman–Crippen MR) is 85.0 cm³/mol. The number of likely N-dealkylation sites (N-methyl/N-ethyl adjacent to an activating group) is 1. The number of carbonyl (C=O) groups excluding carboxylic acids is 3. The van der Waals surface area contributed by atoms with Crippen LogP contribution in [0, 0.1) is 0 Å². The minimum absolute atomic E-state index is 0.00122. The summed E-state index contributed by atoms with van der Waals surface area (Å²) >= 11 is 0. The van der Waals surface area contributed by atoms with Crippen molar-refractivity contribution in [3.63, 3.8) is 0 Å². The SMILES string of the molecule is CNC(=O)CNC(=O)C[NH+]1CCN(C(=O)c2ccccc2)CC1. The van der Waals surface area contributed by atoms with Crippen molar-refractivity contribution in [2.24, 2.45) is 0 Å². The summed E-state index contributed by atoms with van der Waals surface area (Å²) in [7, 11) is 1.53. The standard InChI is InChI=1S/C16H22N4O3/c1-17-14(21)11-18-15(22)12-19-7-9-20(10-8-19)16(23)13-5-3-2-4-6-13/h2-6H,7-12H2,1H3,(H,17,21)(H,18,22)/p+1. The van der Waals surface area contributed by atoms with E-state index in [4.69, 9.17) is 0 Å². The fourth-order valence-electron chi connectivity index (χ4n) is 2.52. The number of nitrogens with one attached hydrogen (secondary N) is 3. The molecule has 1 saturated heterocycles. The highest BCUT2D eigenvalue weighted by Crippen LogP contribution is 2.04. The molecule has 1 fully saturated rings. The van der Waals surface area contributed by atoms with E-state index in [9.17, 15) is 14.4 Å². The van der Waals surface area contributed by atoms with Gasteiger partial charge >= 0.3 is 0 Å². The van der Waals surface area contributed by atoms with Crippen molar-refractivity contribution in [3.05, 3.63) is 35.9 Å². The van der Waals surface area contributed by atoms with E-state index in [1.54, 1.807) is 0 Å². The number of amides is 3. The van der Waals surface area contributed by atoms with E-state index in [1.807, 2.05) is 35.2 Å². The summed E-state index contributed by atoms with van der Waals surface area (Å²) in [6, 6.07) is 9.22. The van der Waals surface area contributed by atoms with Gasteiger partial charge in [0.15, 0.2) is 6.54 Å². The maximum Gasteiger partial charge on any atom is 0.275 e. The topological polar surface area (TPSA) is 82.9 Å². The van der Waals surface area contributed by atoms with Gasteiger partial charge in [0.1, 0.15) is 0 Å². The number of benzene rings is 1. The Kier molecular flexibility index (Phi) is 6.10. The number of quaternary nitrogens is 1. The lowest BCUT2D eigenvalue weighted by Gasteiger charge is -2.31. The number of hydrogen-bond acceptors (Lipinski definition) is 3. The monoisotopic (exact) mass is 319 g/mol. The van der Waals surface area contributed by atoms with Gasteiger partial charge in [-0.2, -0.15) is 0 Å². The maximum absolute atomic E-state index is 12.3. The summed E-state index contributed by atoms with van der Waals surface area (Å²) in [6.45, 7) is 3.04. The molecule has 7 nitrogen and oxygen atoms in total. The molecule has 0 spiro atoms. The largest absolute Gasteiger partial charge is 0.358 e. The van der Waals surface area contributed by atoms with E-state index in [-0.39, 0.29) is 24.3 Å². The van der Waals surface area contributed by atoms with Gasteiger partial charge in [-0.1, -0.05) is 18.2 Å². The fourth-order valence-corrected chi connectivity index (χ4v) is 2.52. The molecule has 1 heterocycles. The first-order chi connectivity index (χ1) is 11.1. The molecule has 23 heavy (non-hydrogen) atoms. The van der Waals surface area contributed by atoms with E-state index < -0.39 is 0 Å². The van der Waals surface area contributed by atoms with Gasteiger partial charge in [-0.25, -0.2) is 0 Å². The molecule has 0 radical (unpaired) electrons. The average Bonchev–Trinajstić information content (AvgIpc) is 2.60. The van der Waals surface area contributed by atoms with Crippen molar-refractivity contribution in [2.75, 3.05) is 46.3 Å². The van der Waals surface area contributed by atoms with Gasteiger partial charge in [0.05, 0.1) is 32.7 Å². The minimum atomic E-state index is -0.216. The first-order valence-electron chi connectivity index (χ1n) is 7.75. The Morgan fingerprint density at radius 3 is 2.35 bits per heavy atom. The zero-order chi connectivity index (χ0) is 16.7. The molecule has 7 heteroatoms. The van der Waals surface area contributed by atoms with E-state index in [2.05, 4.69) is 10.6 Å². The summed E-state index contributed by atoms with van der Waals surface area (Å²) in [5.74, 6) is -0.327. The van der Waals surface area contributed by atoms with Gasteiger partial charge in [-0.05, 0) is 12.1 Å². The van der Waals surface area contributed by atoms with Crippen LogP contribution in [0.2, 0.25) is 0 Å². The summed E-state index contributed by atoms with van der Waals surface area (Å²) in [5.41, 5.74) is 0.694. The number of nitrogens with zero attached hydrogens (tertiary/aromatic N) is 1. The van der Waals surface area contributed by atoms with E-state index >= 15 is 0 Å². The van der Waals surface area contributed by atoms with Crippen LogP contribution in [0.25, 0.3) is 0 Å². The minimum Gasteiger partial charge on any atom is -0.358 e. The molecule has 3 N–H and O–H groups in total. The first-order valence-corrected chi connectivity index (χ1v) is 7.75. The van der Waals surface area contributed by atoms with Crippen LogP contribution in [0.5, 0.6) is 0 Å². The Balaban J connectivity index is 1.74. The molecule has 1 aromatic rings. The van der Waals surface area contributed by atoms with Crippen molar-refractivity contribution < 1.29 is 19.3 Å². The Labute approximate surface area is 135 Å². The lowest BCUT2D eigenvalue weighted by molar-refractivity contribution is -0.896. The third-order valence-corrected chi connectivity index (χ3v) is 3.91. The number of hydrogen-bond donors (Lipinski definition) is 3. The van der Waals surface area contributed by atoms with Gasteiger partial charge in [0.25, 0.3) is 11.8 Å². The second kappa shape index (κ2) is 8.28. The molecule has 0 aliphatic carbocycles. The van der Waals surface area contributed by atoms with Crippen LogP contribution in [0.1, 0.15) is 10.4 Å². The van der Waals surface area contributed by atoms with Crippen LogP contribution in [0.4, 0.5) is 0 Å². The van der Waals surface area contributed by atoms with E-state index in [0.717, 1.165) is 18.0 Å². The Morgan fingerprint density at radius 2 is 1.74 bits per heavy atom. The van der Waals surface area contributed by atoms with E-state index in [0.29, 0.717) is 25.2 Å². The molecule has 1 aromatic carbocycles. The van der Waals surface area contributed by atoms with E-state index in [1.165, 1.54) is 7.05 Å². The Hall–Kier alpha value is -2.41. The first kappa shape index (κ1) is 17.0. The fraction of sp³-hybridized carbons (Fsp3) is 0.438. The molecule has 0 bridgehead atoms. The third-order valence-electron chi connectivity index (χ3n) is 3.91. The second-order valence-corrected chi connectivity index (χ2v) is 5.53. The van der Waals surface area contributed by atoms with Gasteiger partial charge in [-0.15, -0.1) is 0 Å². The van der Waals surface area contributed by atoms with Crippen molar-refractivity contribution in [3.8, 4) is 0 Å². The van der Waals surface area contributed by atoms with Crippen LogP contribution in [0.15, 0.2) is 30.3 Å². The molecular formula is C16H23N4O3+. The highest BCUT2D eigenvalue weighted by Gasteiger charge is 2.25. The highest BCUT2D eigenvalue weighted by atomic mass is 16.2. The van der Waals surface area contributed by atoms with Crippen LogP contribution < -0.4 is 15.5 Å². The number of rotatable bonds is 5. The van der Waals surface area contributed by atoms with Crippen molar-refractivity contribution in [1.82, 2.24) is 15.5 Å². The molecule has 0 saturated carbocycles. The smallest absolute Gasteiger partial charge is 0.275 e. The third kappa shape index (κ3) is 5.07. The molecular weight excluding hydrogens is 296 g/mol. The normalized spacial score (nSPS) is 15.1. The predicted octanol–water partition coefficient (Wildman–Crippen LogP) is -2.11. The maximum atomic E-state index is 12.3. The summed E-state index contributed by atoms with van der Waals surface area (Å²) in [6.07, 6.45) is 0. The second-order valence-electron chi connectivity index (χ2n) is 5.53. The lowest BCUT2D eigenvalue weighted by atomic mass is 10.2. The Bertz CT molecular complexity index is 554. The molecule has 124 valence electrons. The van der Waals surface area contributed by atoms with Crippen LogP contribution in [-0.2, 0) is 9.59 Å². The molecule has 1 aliphatic heterocycles. The number of piperazine rings is 1. The molecule has 3 amide bonds. The van der Waals surface area contributed by atoms with Crippen LogP contribution >= 0.6 is 0 Å². The Morgan fingerprint density at radius 1 is 1.09 bits per heavy atom. The molecule has 0 atom stereocenters. The quantitative estimate of drug-likeness (QED) is 0.581. The van der Waals surface area contributed by atoms with Gasteiger partial charge in [-0.3, -0.25) is 14.4 Å². The van der Waals surface area contributed by atoms with Crippen molar-refractivity contribution in [1.29, 1.82) is 0 Å². The average molecular weight is 319 g/mol. The van der Waals surface area contributed by atoms with Crippen LogP contribution in [-0.4, -0.2) is 68.9 Å². The van der Waals surface area contributed by atoms with Gasteiger partial charge in [0.2, 0.25) is 5.91 Å². The van der Waals surface area contributed by atoms with Crippen molar-refractivity contribution in [2.45, 2.75) is 0 Å². The molecule has 1 aliphatic rings. The van der Waals surface area contributed by atoms with Crippen LogP contribution in [0.3, 0.4) is 0 Å². The number of carbonyl (C=O) groups is 3. The molecule has 0 aromatic heterocycles. The molecule has 2 rings (SSSR count). The summed E-state index contributed by atoms with van der Waals surface area (Å²) in [4.78, 5) is 38.1. The zero-order valence-corrected chi connectivity index (χ0v) is 13.3. The summed E-state index contributed by atoms with van der Waals surface area (Å²) < 4.78 is 0. The van der Waals surface area contributed by atoms with Gasteiger partial charge in [0, 0.05) is 12.6 Å². The zero-order valence-electron chi connectivity index (χ0n) is 13.3. The van der Waals surface area contributed by atoms with Crippen molar-refractivity contribution >= 4 is 17.7 Å². The van der Waals surface area contributed by atoms with Gasteiger partial charge < -0.3 is 20.4 Å². The molecule has 0 unspecified atom stereocenters. The lowest BCUT2D eigenvalue weighted by Crippen LogP contribution is -3.15. The highest BCUT2D eigenvalue weighted by molar-refractivity contribution is 5.94. The summed E-state index contributed by atoms with van der Waals surface area (Å²) in [5, 5.41) is 5.04.